The summed E-state index contributed by atoms with van der Waals surface area (Å²) in [5, 5.41) is 0.773. The normalized spacial score (nSPS) is 48.4. The van der Waals surface area contributed by atoms with Crippen LogP contribution in [0.2, 0.25) is 0 Å². The predicted molar refractivity (Wildman–Crippen MR) is 73.3 cm³/mol. The van der Waals surface area contributed by atoms with Crippen molar-refractivity contribution in [3.8, 4) is 0 Å². The molecule has 1 spiro atoms. The molecule has 3 aliphatic rings. The maximum absolute atomic E-state index is 2.50. The van der Waals surface area contributed by atoms with Gasteiger partial charge in [0.25, 0.3) is 0 Å². The second-order valence-corrected chi connectivity index (χ2v) is 9.02. The highest BCUT2D eigenvalue weighted by molar-refractivity contribution is 8.26. The van der Waals surface area contributed by atoms with Crippen molar-refractivity contribution >= 4 is 47.0 Å². The van der Waals surface area contributed by atoms with Gasteiger partial charge in [0.05, 0.1) is 8.83 Å². The first-order valence-corrected chi connectivity index (χ1v) is 8.76. The standard InChI is InChI=1S/C10H12S4/c1-11-8-6-10(12-2)9(14-8)4-3-7(5-9)13-10/h3-4,6-7H,5H2,1-2H3/t7-,9-,10-/m1/s1. The summed E-state index contributed by atoms with van der Waals surface area (Å²) in [5.41, 5.74) is 0. The molecule has 0 nitrogen and oxygen atoms in total. The minimum absolute atomic E-state index is 0.343. The fourth-order valence-electron chi connectivity index (χ4n) is 2.41. The number of hydrogen-bond acceptors (Lipinski definition) is 4. The molecule has 0 saturated carbocycles. The molecule has 0 N–H and O–H groups in total. The first kappa shape index (κ1) is 10.1. The number of hydrogen-bond donors (Lipinski definition) is 0. The van der Waals surface area contributed by atoms with Gasteiger partial charge in [-0.05, 0) is 25.0 Å². The Balaban J connectivity index is 2.06. The Kier molecular flexibility index (Phi) is 2.29. The highest BCUT2D eigenvalue weighted by Gasteiger charge is 2.62. The Morgan fingerprint density at radius 2 is 2.36 bits per heavy atom. The van der Waals surface area contributed by atoms with Gasteiger partial charge in [-0.1, -0.05) is 12.2 Å². The number of rotatable bonds is 2. The molecule has 2 bridgehead atoms. The molecule has 2 heterocycles. The van der Waals surface area contributed by atoms with Crippen molar-refractivity contribution in [2.45, 2.75) is 20.5 Å². The van der Waals surface area contributed by atoms with E-state index in [2.05, 4.69) is 54.3 Å². The van der Waals surface area contributed by atoms with Crippen LogP contribution >= 0.6 is 47.0 Å². The molecule has 14 heavy (non-hydrogen) atoms. The van der Waals surface area contributed by atoms with Crippen LogP contribution in [-0.4, -0.2) is 26.6 Å². The van der Waals surface area contributed by atoms with E-state index in [1.165, 1.54) is 10.7 Å². The second-order valence-electron chi connectivity index (χ2n) is 3.75. The van der Waals surface area contributed by atoms with Crippen molar-refractivity contribution < 1.29 is 0 Å². The summed E-state index contributed by atoms with van der Waals surface area (Å²) < 4.78 is 2.24. The van der Waals surface area contributed by atoms with E-state index in [1.54, 1.807) is 0 Å². The summed E-state index contributed by atoms with van der Waals surface area (Å²) in [7, 11) is 0. The predicted octanol–water partition coefficient (Wildman–Crippen LogP) is 3.81. The quantitative estimate of drug-likeness (QED) is 0.692. The molecule has 1 saturated heterocycles. The van der Waals surface area contributed by atoms with Gasteiger partial charge in [0, 0.05) is 9.49 Å². The van der Waals surface area contributed by atoms with E-state index in [0.29, 0.717) is 8.83 Å². The molecule has 0 unspecified atom stereocenters. The lowest BCUT2D eigenvalue weighted by Gasteiger charge is -2.34. The molecule has 0 amide bonds. The highest BCUT2D eigenvalue weighted by Crippen LogP contribution is 2.72. The zero-order chi connectivity index (χ0) is 9.81. The molecule has 1 fully saturated rings. The minimum atomic E-state index is 0.343. The van der Waals surface area contributed by atoms with E-state index in [4.69, 9.17) is 0 Å². The van der Waals surface area contributed by atoms with Gasteiger partial charge < -0.3 is 0 Å². The second kappa shape index (κ2) is 3.19. The van der Waals surface area contributed by atoms with Crippen LogP contribution in [0.15, 0.2) is 22.5 Å². The first-order valence-electron chi connectivity index (χ1n) is 4.62. The lowest BCUT2D eigenvalue weighted by molar-refractivity contribution is 0.738. The van der Waals surface area contributed by atoms with Crippen LogP contribution in [0.25, 0.3) is 0 Å². The SMILES string of the molecule is CSC1=C[C@@]2(SC)S[C@@H]3C=C[C@]2(C3)S1. The zero-order valence-electron chi connectivity index (χ0n) is 8.15. The van der Waals surface area contributed by atoms with Crippen molar-refractivity contribution in [3.05, 3.63) is 22.5 Å². The summed E-state index contributed by atoms with van der Waals surface area (Å²) in [6.45, 7) is 0. The Morgan fingerprint density at radius 1 is 1.50 bits per heavy atom. The average Bonchev–Trinajstić information content (AvgIpc) is 2.79. The van der Waals surface area contributed by atoms with E-state index < -0.39 is 0 Å². The van der Waals surface area contributed by atoms with Gasteiger partial charge >= 0.3 is 0 Å². The molecule has 3 atom stereocenters. The summed E-state index contributed by atoms with van der Waals surface area (Å²) >= 11 is 8.17. The van der Waals surface area contributed by atoms with Crippen molar-refractivity contribution in [1.82, 2.24) is 0 Å². The molecule has 0 aromatic rings. The van der Waals surface area contributed by atoms with Gasteiger partial charge in [-0.15, -0.1) is 47.0 Å². The maximum atomic E-state index is 2.50. The van der Waals surface area contributed by atoms with Crippen LogP contribution in [0.4, 0.5) is 0 Å². The maximum Gasteiger partial charge on any atom is 0.0998 e. The third-order valence-electron chi connectivity index (χ3n) is 3.10. The van der Waals surface area contributed by atoms with Crippen LogP contribution in [0.3, 0.4) is 0 Å². The Labute approximate surface area is 102 Å². The van der Waals surface area contributed by atoms with Gasteiger partial charge in [0.1, 0.15) is 0 Å². The highest BCUT2D eigenvalue weighted by atomic mass is 32.2. The molecular weight excluding hydrogens is 248 g/mol. The molecule has 76 valence electrons. The summed E-state index contributed by atoms with van der Waals surface area (Å²) in [5.74, 6) is 0. The molecule has 0 aromatic carbocycles. The van der Waals surface area contributed by atoms with E-state index in [1.807, 2.05) is 23.5 Å². The first-order chi connectivity index (χ1) is 6.74. The summed E-state index contributed by atoms with van der Waals surface area (Å²) in [6, 6.07) is 0. The van der Waals surface area contributed by atoms with Gasteiger partial charge in [-0.3, -0.25) is 0 Å². The lowest BCUT2D eigenvalue weighted by Crippen LogP contribution is -2.35. The van der Waals surface area contributed by atoms with Crippen molar-refractivity contribution in [1.29, 1.82) is 0 Å². The smallest absolute Gasteiger partial charge is 0.0998 e. The van der Waals surface area contributed by atoms with Gasteiger partial charge in [-0.2, -0.15) is 0 Å². The molecule has 3 rings (SSSR count). The molecule has 0 aromatic heterocycles. The van der Waals surface area contributed by atoms with E-state index in [0.717, 1.165) is 5.25 Å². The van der Waals surface area contributed by atoms with Crippen LogP contribution in [0.1, 0.15) is 6.42 Å². The Hall–Kier alpha value is 0.880. The Bertz CT molecular complexity index is 335. The number of thioether (sulfide) groups is 4. The molecule has 1 aliphatic carbocycles. The third kappa shape index (κ3) is 1.09. The van der Waals surface area contributed by atoms with Gasteiger partial charge in [-0.25, -0.2) is 0 Å². The number of fused-ring (bicyclic) bond motifs is 1. The van der Waals surface area contributed by atoms with Crippen LogP contribution < -0.4 is 0 Å². The lowest BCUT2D eigenvalue weighted by atomic mass is 10.0. The van der Waals surface area contributed by atoms with E-state index >= 15 is 0 Å². The summed E-state index contributed by atoms with van der Waals surface area (Å²) in [6.07, 6.45) is 13.2. The monoisotopic (exact) mass is 260 g/mol. The van der Waals surface area contributed by atoms with Crippen LogP contribution in [-0.2, 0) is 0 Å². The molecule has 2 aliphatic heterocycles. The van der Waals surface area contributed by atoms with Crippen LogP contribution in [0.5, 0.6) is 0 Å². The fourth-order valence-corrected chi connectivity index (χ4v) is 8.72. The molecular formula is C10H12S4. The molecule has 0 radical (unpaired) electrons. The van der Waals surface area contributed by atoms with Gasteiger partial charge in [0.15, 0.2) is 0 Å². The van der Waals surface area contributed by atoms with E-state index in [9.17, 15) is 0 Å². The van der Waals surface area contributed by atoms with E-state index in [-0.39, 0.29) is 0 Å². The average molecular weight is 260 g/mol. The van der Waals surface area contributed by atoms with Gasteiger partial charge in [0.2, 0.25) is 0 Å². The fraction of sp³-hybridized carbons (Fsp3) is 0.600. The minimum Gasteiger partial charge on any atom is -0.142 e. The van der Waals surface area contributed by atoms with Crippen LogP contribution in [0, 0.1) is 0 Å². The van der Waals surface area contributed by atoms with Crippen molar-refractivity contribution in [3.63, 3.8) is 0 Å². The van der Waals surface area contributed by atoms with Crippen molar-refractivity contribution in [2.24, 2.45) is 0 Å². The molecule has 4 heteroatoms. The topological polar surface area (TPSA) is 0 Å². The summed E-state index contributed by atoms with van der Waals surface area (Å²) in [4.78, 5) is 0. The zero-order valence-corrected chi connectivity index (χ0v) is 11.4. The third-order valence-corrected chi connectivity index (χ3v) is 9.27. The largest absolute Gasteiger partial charge is 0.142 e. The Morgan fingerprint density at radius 3 is 2.93 bits per heavy atom. The van der Waals surface area contributed by atoms with Crippen molar-refractivity contribution in [2.75, 3.05) is 12.5 Å².